The normalized spacial score (nSPS) is 16.1. The third-order valence-corrected chi connectivity index (χ3v) is 3.94. The molecular formula is C19H38O6. The molecule has 0 saturated carbocycles. The second-order valence-electron chi connectivity index (χ2n) is 6.87. The maximum absolute atomic E-state index is 5.68. The van der Waals surface area contributed by atoms with Crippen LogP contribution >= 0.6 is 0 Å². The molecular weight excluding hydrogens is 324 g/mol. The molecule has 6 nitrogen and oxygen atoms in total. The van der Waals surface area contributed by atoms with Gasteiger partial charge in [0.1, 0.15) is 0 Å². The summed E-state index contributed by atoms with van der Waals surface area (Å²) in [6, 6.07) is 0. The molecule has 1 heterocycles. The zero-order valence-corrected chi connectivity index (χ0v) is 16.3. The van der Waals surface area contributed by atoms with Gasteiger partial charge in [-0.15, -0.1) is 0 Å². The molecule has 0 spiro atoms. The summed E-state index contributed by atoms with van der Waals surface area (Å²) in [4.78, 5) is 0. The van der Waals surface area contributed by atoms with E-state index in [0.717, 1.165) is 58.9 Å². The fourth-order valence-corrected chi connectivity index (χ4v) is 2.27. The standard InChI is InChI=1S/C19H38O6/c1-3-4-7-20-10-12-22-14-15-23-13-11-21-8-5-6-9-24-16-19(2)17-25-18-19/h3-18H2,1-2H3. The number of rotatable bonds is 19. The molecule has 25 heavy (non-hydrogen) atoms. The van der Waals surface area contributed by atoms with Crippen molar-refractivity contribution in [3.63, 3.8) is 0 Å². The molecule has 0 aromatic carbocycles. The van der Waals surface area contributed by atoms with E-state index in [0.29, 0.717) is 39.6 Å². The summed E-state index contributed by atoms with van der Waals surface area (Å²) >= 11 is 0. The van der Waals surface area contributed by atoms with Gasteiger partial charge in [0.15, 0.2) is 0 Å². The molecule has 1 rings (SSSR count). The van der Waals surface area contributed by atoms with Crippen LogP contribution in [0.1, 0.15) is 39.5 Å². The molecule has 1 saturated heterocycles. The molecule has 1 fully saturated rings. The van der Waals surface area contributed by atoms with E-state index in [1.807, 2.05) is 0 Å². The first-order valence-electron chi connectivity index (χ1n) is 9.73. The molecule has 1 aliphatic heterocycles. The average Bonchev–Trinajstić information content (AvgIpc) is 2.59. The third kappa shape index (κ3) is 13.6. The largest absolute Gasteiger partial charge is 0.381 e. The van der Waals surface area contributed by atoms with Crippen LogP contribution in [0.2, 0.25) is 0 Å². The summed E-state index contributed by atoms with van der Waals surface area (Å²) in [5.74, 6) is 0. The van der Waals surface area contributed by atoms with Crippen molar-refractivity contribution in [1.82, 2.24) is 0 Å². The first-order chi connectivity index (χ1) is 12.3. The van der Waals surface area contributed by atoms with Crippen molar-refractivity contribution in [1.29, 1.82) is 0 Å². The monoisotopic (exact) mass is 362 g/mol. The van der Waals surface area contributed by atoms with Crippen molar-refractivity contribution >= 4 is 0 Å². The molecule has 0 radical (unpaired) electrons. The lowest BCUT2D eigenvalue weighted by Crippen LogP contribution is -2.43. The van der Waals surface area contributed by atoms with Crippen LogP contribution < -0.4 is 0 Å². The Morgan fingerprint density at radius 3 is 1.52 bits per heavy atom. The summed E-state index contributed by atoms with van der Waals surface area (Å²) in [5, 5.41) is 0. The smallest absolute Gasteiger partial charge is 0.0701 e. The maximum Gasteiger partial charge on any atom is 0.0701 e. The van der Waals surface area contributed by atoms with Gasteiger partial charge in [0.05, 0.1) is 59.5 Å². The molecule has 6 heteroatoms. The Labute approximate surface area is 153 Å². The Hall–Kier alpha value is -0.240. The van der Waals surface area contributed by atoms with Gasteiger partial charge in [-0.25, -0.2) is 0 Å². The van der Waals surface area contributed by atoms with Gasteiger partial charge >= 0.3 is 0 Å². The van der Waals surface area contributed by atoms with Gasteiger partial charge in [0.25, 0.3) is 0 Å². The average molecular weight is 363 g/mol. The highest BCUT2D eigenvalue weighted by molar-refractivity contribution is 4.79. The van der Waals surface area contributed by atoms with Crippen molar-refractivity contribution in [3.05, 3.63) is 0 Å². The Morgan fingerprint density at radius 2 is 1.08 bits per heavy atom. The Bertz CT molecular complexity index is 283. The highest BCUT2D eigenvalue weighted by atomic mass is 16.6. The molecule has 150 valence electrons. The SMILES string of the molecule is CCCCOCCOCCOCCOCCCCOCC1(C)COC1. The summed E-state index contributed by atoms with van der Waals surface area (Å²) in [6.45, 7) is 13.0. The molecule has 0 aromatic rings. The van der Waals surface area contributed by atoms with Gasteiger partial charge in [0.2, 0.25) is 0 Å². The first-order valence-corrected chi connectivity index (χ1v) is 9.73. The number of hydrogen-bond donors (Lipinski definition) is 0. The summed E-state index contributed by atoms with van der Waals surface area (Å²) < 4.78 is 32.7. The lowest BCUT2D eigenvalue weighted by atomic mass is 9.90. The van der Waals surface area contributed by atoms with E-state index >= 15 is 0 Å². The highest BCUT2D eigenvalue weighted by Gasteiger charge is 2.33. The maximum atomic E-state index is 5.68. The molecule has 0 amide bonds. The van der Waals surface area contributed by atoms with Crippen LogP contribution in [0.25, 0.3) is 0 Å². The molecule has 0 unspecified atom stereocenters. The van der Waals surface area contributed by atoms with Gasteiger partial charge in [-0.3, -0.25) is 0 Å². The summed E-state index contributed by atoms with van der Waals surface area (Å²) in [6.07, 6.45) is 4.34. The Balaban J connectivity index is 1.64. The lowest BCUT2D eigenvalue weighted by Gasteiger charge is -2.37. The predicted octanol–water partition coefficient (Wildman–Crippen LogP) is 2.69. The zero-order valence-electron chi connectivity index (χ0n) is 16.3. The highest BCUT2D eigenvalue weighted by Crippen LogP contribution is 2.26. The molecule has 1 aliphatic rings. The number of ether oxygens (including phenoxy) is 6. The van der Waals surface area contributed by atoms with E-state index < -0.39 is 0 Å². The number of unbranched alkanes of at least 4 members (excludes halogenated alkanes) is 2. The fraction of sp³-hybridized carbons (Fsp3) is 1.00. The zero-order chi connectivity index (χ0) is 18.1. The van der Waals surface area contributed by atoms with E-state index in [-0.39, 0.29) is 5.41 Å². The molecule has 0 aromatic heterocycles. The Kier molecular flexibility index (Phi) is 14.6. The topological polar surface area (TPSA) is 55.4 Å². The van der Waals surface area contributed by atoms with E-state index in [2.05, 4.69) is 13.8 Å². The molecule has 0 bridgehead atoms. The van der Waals surface area contributed by atoms with Crippen LogP contribution in [0.4, 0.5) is 0 Å². The van der Waals surface area contributed by atoms with Crippen LogP contribution in [0.3, 0.4) is 0 Å². The molecule has 0 atom stereocenters. The fourth-order valence-electron chi connectivity index (χ4n) is 2.27. The van der Waals surface area contributed by atoms with Crippen LogP contribution in [0, 0.1) is 5.41 Å². The van der Waals surface area contributed by atoms with Crippen molar-refractivity contribution in [3.8, 4) is 0 Å². The minimum atomic E-state index is 0.250. The van der Waals surface area contributed by atoms with Gasteiger partial charge in [-0.2, -0.15) is 0 Å². The lowest BCUT2D eigenvalue weighted by molar-refractivity contribution is -0.138. The quantitative estimate of drug-likeness (QED) is 0.329. The van der Waals surface area contributed by atoms with Gasteiger partial charge in [-0.1, -0.05) is 20.3 Å². The van der Waals surface area contributed by atoms with Crippen molar-refractivity contribution in [2.24, 2.45) is 5.41 Å². The van der Waals surface area contributed by atoms with Crippen LogP contribution in [0.5, 0.6) is 0 Å². The third-order valence-electron chi connectivity index (χ3n) is 3.94. The summed E-state index contributed by atoms with van der Waals surface area (Å²) in [5.41, 5.74) is 0.250. The van der Waals surface area contributed by atoms with E-state index in [1.54, 1.807) is 0 Å². The second-order valence-corrected chi connectivity index (χ2v) is 6.87. The van der Waals surface area contributed by atoms with Gasteiger partial charge in [-0.05, 0) is 19.3 Å². The van der Waals surface area contributed by atoms with E-state index in [4.69, 9.17) is 28.4 Å². The van der Waals surface area contributed by atoms with Crippen LogP contribution in [0.15, 0.2) is 0 Å². The van der Waals surface area contributed by atoms with Gasteiger partial charge < -0.3 is 28.4 Å². The van der Waals surface area contributed by atoms with Gasteiger partial charge in [0, 0.05) is 25.2 Å². The second kappa shape index (κ2) is 16.0. The van der Waals surface area contributed by atoms with Crippen LogP contribution in [-0.2, 0) is 28.4 Å². The van der Waals surface area contributed by atoms with Crippen molar-refractivity contribution in [2.75, 3.05) is 79.3 Å². The molecule has 0 aliphatic carbocycles. The van der Waals surface area contributed by atoms with E-state index in [1.165, 1.54) is 6.42 Å². The van der Waals surface area contributed by atoms with Crippen molar-refractivity contribution < 1.29 is 28.4 Å². The minimum Gasteiger partial charge on any atom is -0.381 e. The minimum absolute atomic E-state index is 0.250. The summed E-state index contributed by atoms with van der Waals surface area (Å²) in [7, 11) is 0. The first kappa shape index (κ1) is 22.8. The predicted molar refractivity (Wildman–Crippen MR) is 97.2 cm³/mol. The van der Waals surface area contributed by atoms with E-state index in [9.17, 15) is 0 Å². The number of hydrogen-bond acceptors (Lipinski definition) is 6. The Morgan fingerprint density at radius 1 is 0.640 bits per heavy atom. The van der Waals surface area contributed by atoms with Crippen molar-refractivity contribution in [2.45, 2.75) is 39.5 Å². The molecule has 0 N–H and O–H groups in total. The van der Waals surface area contributed by atoms with Crippen LogP contribution in [-0.4, -0.2) is 79.3 Å².